The predicted molar refractivity (Wildman–Crippen MR) is 82.7 cm³/mol. The average molecular weight is 300 g/mol. The summed E-state index contributed by atoms with van der Waals surface area (Å²) in [4.78, 5) is 14.1. The summed E-state index contributed by atoms with van der Waals surface area (Å²) in [5.74, 6) is 0.912. The number of urea groups is 1. The Morgan fingerprint density at radius 1 is 1.41 bits per heavy atom. The zero-order chi connectivity index (χ0) is 15.2. The fraction of sp³-hybridized carbons (Fsp3) is 0.500. The molecule has 2 aromatic heterocycles. The summed E-state index contributed by atoms with van der Waals surface area (Å²) in [7, 11) is 0. The van der Waals surface area contributed by atoms with Crippen LogP contribution in [0, 0.1) is 5.92 Å². The van der Waals surface area contributed by atoms with E-state index in [9.17, 15) is 9.90 Å². The highest BCUT2D eigenvalue weighted by molar-refractivity contribution is 5.89. The van der Waals surface area contributed by atoms with Crippen molar-refractivity contribution in [3.63, 3.8) is 0 Å². The van der Waals surface area contributed by atoms with Crippen molar-refractivity contribution >= 4 is 17.4 Å². The van der Waals surface area contributed by atoms with E-state index in [1.165, 1.54) is 0 Å². The summed E-state index contributed by atoms with van der Waals surface area (Å²) in [6.07, 6.45) is 5.66. The molecular formula is C16H20N4O2. The highest BCUT2D eigenvalue weighted by Crippen LogP contribution is 2.44. The molecule has 116 valence electrons. The normalized spacial score (nSPS) is 25.4. The molecule has 4 rings (SSSR count). The number of nitrogens with zero attached hydrogens (tertiary/aromatic N) is 3. The van der Waals surface area contributed by atoms with Gasteiger partial charge >= 0.3 is 6.03 Å². The van der Waals surface area contributed by atoms with Crippen LogP contribution in [0.2, 0.25) is 0 Å². The number of likely N-dealkylation sites (tertiary alicyclic amines) is 1. The maximum atomic E-state index is 12.4. The van der Waals surface area contributed by atoms with Crippen LogP contribution in [-0.2, 0) is 0 Å². The summed E-state index contributed by atoms with van der Waals surface area (Å²) in [6.45, 7) is 1.12. The molecule has 0 radical (unpaired) electrons. The van der Waals surface area contributed by atoms with E-state index in [2.05, 4.69) is 10.4 Å². The molecule has 22 heavy (non-hydrogen) atoms. The van der Waals surface area contributed by atoms with Gasteiger partial charge in [-0.3, -0.25) is 5.32 Å². The smallest absolute Gasteiger partial charge is 0.323 e. The molecule has 0 aromatic carbocycles. The second-order valence-corrected chi connectivity index (χ2v) is 6.43. The molecule has 3 heterocycles. The Balaban J connectivity index is 1.47. The minimum absolute atomic E-state index is 0.179. The van der Waals surface area contributed by atoms with E-state index in [0.29, 0.717) is 24.8 Å². The third kappa shape index (κ3) is 2.43. The van der Waals surface area contributed by atoms with Crippen molar-refractivity contribution < 1.29 is 9.90 Å². The first kappa shape index (κ1) is 13.6. The molecule has 1 atom stereocenters. The topological polar surface area (TPSA) is 69.9 Å². The third-order valence-corrected chi connectivity index (χ3v) is 4.73. The van der Waals surface area contributed by atoms with Crippen molar-refractivity contribution in [2.24, 2.45) is 5.92 Å². The number of pyridine rings is 1. The summed E-state index contributed by atoms with van der Waals surface area (Å²) in [5, 5.41) is 17.8. The first-order chi connectivity index (χ1) is 10.6. The maximum absolute atomic E-state index is 12.4. The second kappa shape index (κ2) is 4.98. The van der Waals surface area contributed by atoms with Crippen molar-refractivity contribution in [3.05, 3.63) is 30.5 Å². The quantitative estimate of drug-likeness (QED) is 0.892. The zero-order valence-electron chi connectivity index (χ0n) is 12.4. The number of carbonyl (C=O) groups excluding carboxylic acids is 1. The molecule has 1 unspecified atom stereocenters. The lowest BCUT2D eigenvalue weighted by Crippen LogP contribution is -2.52. The fourth-order valence-corrected chi connectivity index (χ4v) is 3.38. The van der Waals surface area contributed by atoms with Crippen LogP contribution < -0.4 is 5.32 Å². The van der Waals surface area contributed by atoms with E-state index < -0.39 is 5.60 Å². The van der Waals surface area contributed by atoms with E-state index in [1.807, 2.05) is 30.5 Å². The Morgan fingerprint density at radius 2 is 2.27 bits per heavy atom. The van der Waals surface area contributed by atoms with Crippen molar-refractivity contribution in [1.29, 1.82) is 0 Å². The lowest BCUT2D eigenvalue weighted by atomic mass is 9.88. The van der Waals surface area contributed by atoms with Crippen LogP contribution in [0.4, 0.5) is 10.6 Å². The minimum Gasteiger partial charge on any atom is -0.388 e. The van der Waals surface area contributed by atoms with Crippen LogP contribution in [0.25, 0.3) is 5.52 Å². The SMILES string of the molecule is O=C(Nc1cc2ccccn2n1)N1CCCC(O)(C2CC2)C1. The van der Waals surface area contributed by atoms with Gasteiger partial charge in [-0.15, -0.1) is 5.10 Å². The number of piperidine rings is 1. The van der Waals surface area contributed by atoms with Gasteiger partial charge in [-0.2, -0.15) is 0 Å². The molecule has 2 aromatic rings. The number of hydrogen-bond donors (Lipinski definition) is 2. The van der Waals surface area contributed by atoms with Gasteiger partial charge in [0.2, 0.25) is 0 Å². The van der Waals surface area contributed by atoms with Crippen LogP contribution >= 0.6 is 0 Å². The third-order valence-electron chi connectivity index (χ3n) is 4.73. The number of carbonyl (C=O) groups is 1. The molecule has 2 fully saturated rings. The molecule has 2 amide bonds. The van der Waals surface area contributed by atoms with Crippen LogP contribution in [0.3, 0.4) is 0 Å². The van der Waals surface area contributed by atoms with Crippen LogP contribution in [-0.4, -0.2) is 44.3 Å². The lowest BCUT2D eigenvalue weighted by Gasteiger charge is -2.39. The Kier molecular flexibility index (Phi) is 3.07. The van der Waals surface area contributed by atoms with Crippen LogP contribution in [0.15, 0.2) is 30.5 Å². The van der Waals surface area contributed by atoms with Gasteiger partial charge in [0.1, 0.15) is 0 Å². The molecule has 6 heteroatoms. The largest absolute Gasteiger partial charge is 0.388 e. The zero-order valence-corrected chi connectivity index (χ0v) is 12.4. The number of hydrogen-bond acceptors (Lipinski definition) is 3. The Labute approximate surface area is 128 Å². The number of β-amino-alcohol motifs (C(OH)–C–C–N with tert-alkyl or cyclic N) is 1. The Hall–Kier alpha value is -2.08. The number of nitrogens with one attached hydrogen (secondary N) is 1. The first-order valence-corrected chi connectivity index (χ1v) is 7.87. The summed E-state index contributed by atoms with van der Waals surface area (Å²) in [5.41, 5.74) is 0.250. The van der Waals surface area contributed by atoms with Gasteiger partial charge in [0.25, 0.3) is 0 Å². The molecule has 1 aliphatic heterocycles. The van der Waals surface area contributed by atoms with Crippen molar-refractivity contribution in [1.82, 2.24) is 14.5 Å². The highest BCUT2D eigenvalue weighted by Gasteiger charge is 2.46. The second-order valence-electron chi connectivity index (χ2n) is 6.43. The molecule has 1 aliphatic carbocycles. The van der Waals surface area contributed by atoms with Crippen LogP contribution in [0.5, 0.6) is 0 Å². The average Bonchev–Trinajstić information content (AvgIpc) is 3.29. The van der Waals surface area contributed by atoms with E-state index in [1.54, 1.807) is 9.42 Å². The van der Waals surface area contributed by atoms with Gasteiger partial charge in [-0.05, 0) is 43.7 Å². The minimum atomic E-state index is -0.686. The molecule has 0 bridgehead atoms. The van der Waals surface area contributed by atoms with Gasteiger partial charge in [0.05, 0.1) is 17.7 Å². The Morgan fingerprint density at radius 3 is 3.05 bits per heavy atom. The summed E-state index contributed by atoms with van der Waals surface area (Å²) in [6, 6.07) is 7.43. The number of aromatic nitrogens is 2. The number of anilines is 1. The van der Waals surface area contributed by atoms with Gasteiger partial charge in [0.15, 0.2) is 5.82 Å². The van der Waals surface area contributed by atoms with E-state index in [4.69, 9.17) is 0 Å². The van der Waals surface area contributed by atoms with E-state index in [0.717, 1.165) is 31.2 Å². The lowest BCUT2D eigenvalue weighted by molar-refractivity contribution is -0.0348. The van der Waals surface area contributed by atoms with Gasteiger partial charge < -0.3 is 10.0 Å². The predicted octanol–water partition coefficient (Wildman–Crippen LogP) is 2.10. The number of amides is 2. The standard InChI is InChI=1S/C16H20N4O2/c21-15(17-14-10-13-4-1-2-9-20(13)18-14)19-8-3-7-16(22,11-19)12-5-6-12/h1-2,4,9-10,12,22H,3,5-8,11H2,(H,17,18,21). The Bertz CT molecular complexity index is 676. The molecule has 2 N–H and O–H groups in total. The number of fused-ring (bicyclic) bond motifs is 1. The summed E-state index contributed by atoms with van der Waals surface area (Å²) >= 11 is 0. The van der Waals surface area contributed by atoms with Crippen LogP contribution in [0.1, 0.15) is 25.7 Å². The van der Waals surface area contributed by atoms with Crippen molar-refractivity contribution in [3.8, 4) is 0 Å². The maximum Gasteiger partial charge on any atom is 0.323 e. The van der Waals surface area contributed by atoms with Gasteiger partial charge in [-0.25, -0.2) is 9.31 Å². The molecule has 1 saturated carbocycles. The number of rotatable bonds is 2. The first-order valence-electron chi connectivity index (χ1n) is 7.87. The molecule has 2 aliphatic rings. The molecular weight excluding hydrogens is 280 g/mol. The fourth-order valence-electron chi connectivity index (χ4n) is 3.38. The monoisotopic (exact) mass is 300 g/mol. The van der Waals surface area contributed by atoms with Gasteiger partial charge in [0, 0.05) is 18.8 Å². The molecule has 6 nitrogen and oxygen atoms in total. The van der Waals surface area contributed by atoms with Crippen molar-refractivity contribution in [2.75, 3.05) is 18.4 Å². The summed E-state index contributed by atoms with van der Waals surface area (Å²) < 4.78 is 1.73. The number of aliphatic hydroxyl groups is 1. The molecule has 1 saturated heterocycles. The van der Waals surface area contributed by atoms with E-state index in [-0.39, 0.29) is 6.03 Å². The van der Waals surface area contributed by atoms with Crippen molar-refractivity contribution in [2.45, 2.75) is 31.3 Å². The van der Waals surface area contributed by atoms with E-state index >= 15 is 0 Å². The molecule has 0 spiro atoms. The van der Waals surface area contributed by atoms with Gasteiger partial charge in [-0.1, -0.05) is 6.07 Å². The highest BCUT2D eigenvalue weighted by atomic mass is 16.3.